The molecule has 1 rings (SSSR count). The lowest BCUT2D eigenvalue weighted by atomic mass is 10.3. The van der Waals surface area contributed by atoms with Crippen LogP contribution in [0.2, 0.25) is 0 Å². The van der Waals surface area contributed by atoms with Gasteiger partial charge in [0.1, 0.15) is 4.90 Å². The molecule has 0 heterocycles. The topological polar surface area (TPSA) is 104 Å². The summed E-state index contributed by atoms with van der Waals surface area (Å²) in [5.74, 6) is 0. The Kier molecular flexibility index (Phi) is 3.45. The SMILES string of the molecule is CNc1ccc(S(=O)O)cc1S(=O)(=O)O. The summed E-state index contributed by atoms with van der Waals surface area (Å²) in [6, 6.07) is 3.53. The maximum absolute atomic E-state index is 10.9. The number of benzene rings is 1. The molecule has 0 radical (unpaired) electrons. The second-order valence-corrected chi connectivity index (χ2v) is 4.99. The first-order chi connectivity index (χ1) is 6.86. The van der Waals surface area contributed by atoms with Crippen LogP contribution < -0.4 is 5.32 Å². The molecule has 3 N–H and O–H groups in total. The van der Waals surface area contributed by atoms with Gasteiger partial charge in [0.25, 0.3) is 10.1 Å². The monoisotopic (exact) mass is 251 g/mol. The summed E-state index contributed by atoms with van der Waals surface area (Å²) >= 11 is -2.29. The van der Waals surface area contributed by atoms with Gasteiger partial charge in [-0.1, -0.05) is 0 Å². The highest BCUT2D eigenvalue weighted by Crippen LogP contribution is 2.23. The molecule has 0 amide bonds. The van der Waals surface area contributed by atoms with Gasteiger partial charge in [-0.05, 0) is 18.2 Å². The van der Waals surface area contributed by atoms with Crippen LogP contribution in [0.25, 0.3) is 0 Å². The Labute approximate surface area is 89.4 Å². The van der Waals surface area contributed by atoms with Gasteiger partial charge in [0.2, 0.25) is 0 Å². The highest BCUT2D eigenvalue weighted by Gasteiger charge is 2.16. The van der Waals surface area contributed by atoms with E-state index in [1.807, 2.05) is 0 Å². The van der Waals surface area contributed by atoms with Gasteiger partial charge in [-0.3, -0.25) is 4.55 Å². The van der Waals surface area contributed by atoms with Crippen molar-refractivity contribution < 1.29 is 21.7 Å². The summed E-state index contributed by atoms with van der Waals surface area (Å²) in [6.45, 7) is 0. The van der Waals surface area contributed by atoms with Gasteiger partial charge in [-0.25, -0.2) is 4.21 Å². The maximum atomic E-state index is 10.9. The Hall–Kier alpha value is -0.960. The molecule has 0 fully saturated rings. The third-order valence-electron chi connectivity index (χ3n) is 1.70. The maximum Gasteiger partial charge on any atom is 0.296 e. The predicted octanol–water partition coefficient (Wildman–Crippen LogP) is 0.556. The fourth-order valence-electron chi connectivity index (χ4n) is 1.03. The van der Waals surface area contributed by atoms with Gasteiger partial charge in [0.15, 0.2) is 11.1 Å². The number of hydrogen-bond donors (Lipinski definition) is 3. The van der Waals surface area contributed by atoms with Gasteiger partial charge in [0, 0.05) is 7.05 Å². The van der Waals surface area contributed by atoms with Gasteiger partial charge >= 0.3 is 0 Å². The van der Waals surface area contributed by atoms with E-state index in [2.05, 4.69) is 5.32 Å². The Morgan fingerprint density at radius 1 is 1.40 bits per heavy atom. The molecule has 1 unspecified atom stereocenters. The third kappa shape index (κ3) is 2.75. The van der Waals surface area contributed by atoms with E-state index in [0.717, 1.165) is 6.07 Å². The van der Waals surface area contributed by atoms with E-state index in [1.54, 1.807) is 0 Å². The molecule has 0 saturated heterocycles. The smallest absolute Gasteiger partial charge is 0.296 e. The van der Waals surface area contributed by atoms with Crippen LogP contribution in [0.5, 0.6) is 0 Å². The lowest BCUT2D eigenvalue weighted by Gasteiger charge is -2.07. The van der Waals surface area contributed by atoms with Crippen LogP contribution >= 0.6 is 0 Å². The van der Waals surface area contributed by atoms with Gasteiger partial charge in [-0.2, -0.15) is 8.42 Å². The first kappa shape index (κ1) is 12.1. The zero-order valence-electron chi connectivity index (χ0n) is 7.67. The fourth-order valence-corrected chi connectivity index (χ4v) is 2.23. The Bertz CT molecular complexity index is 496. The molecule has 0 aromatic heterocycles. The molecule has 15 heavy (non-hydrogen) atoms. The molecule has 84 valence electrons. The Morgan fingerprint density at radius 2 is 2.00 bits per heavy atom. The minimum atomic E-state index is -4.41. The molecule has 1 aromatic rings. The summed E-state index contributed by atoms with van der Waals surface area (Å²) in [5, 5.41) is 2.55. The first-order valence-corrected chi connectivity index (χ1v) is 6.31. The Morgan fingerprint density at radius 3 is 2.40 bits per heavy atom. The largest absolute Gasteiger partial charge is 0.387 e. The van der Waals surface area contributed by atoms with Crippen molar-refractivity contribution in [3.8, 4) is 0 Å². The lowest BCUT2D eigenvalue weighted by Crippen LogP contribution is -2.04. The summed E-state index contributed by atoms with van der Waals surface area (Å²) in [6.07, 6.45) is 0. The van der Waals surface area contributed by atoms with E-state index in [4.69, 9.17) is 9.11 Å². The molecule has 0 bridgehead atoms. The summed E-state index contributed by atoms with van der Waals surface area (Å²) in [4.78, 5) is -0.522. The predicted molar refractivity (Wildman–Crippen MR) is 54.8 cm³/mol. The highest BCUT2D eigenvalue weighted by molar-refractivity contribution is 7.86. The van der Waals surface area contributed by atoms with E-state index in [-0.39, 0.29) is 10.6 Å². The van der Waals surface area contributed by atoms with Crippen molar-refractivity contribution in [3.63, 3.8) is 0 Å². The van der Waals surface area contributed by atoms with Gasteiger partial charge < -0.3 is 9.87 Å². The standard InChI is InChI=1S/C7H9NO5S2/c1-8-6-3-2-5(14(9)10)4-7(6)15(11,12)13/h2-4,8H,1H3,(H,9,10)(H,11,12,13). The minimum Gasteiger partial charge on any atom is -0.387 e. The van der Waals surface area contributed by atoms with Crippen molar-refractivity contribution in [1.82, 2.24) is 0 Å². The molecule has 0 aliphatic carbocycles. The molecule has 6 nitrogen and oxygen atoms in total. The molecule has 0 saturated carbocycles. The van der Waals surface area contributed by atoms with Crippen LogP contribution in [0, 0.1) is 0 Å². The summed E-state index contributed by atoms with van der Waals surface area (Å²) in [5.41, 5.74) is 0.159. The summed E-state index contributed by atoms with van der Waals surface area (Å²) in [7, 11) is -2.94. The molecule has 0 aliphatic rings. The van der Waals surface area contributed by atoms with Crippen LogP contribution in [0.3, 0.4) is 0 Å². The molecule has 1 atom stereocenters. The normalized spacial score (nSPS) is 13.5. The zero-order valence-corrected chi connectivity index (χ0v) is 9.30. The second kappa shape index (κ2) is 4.27. The van der Waals surface area contributed by atoms with Crippen LogP contribution in [0.15, 0.2) is 28.0 Å². The number of hydrogen-bond acceptors (Lipinski definition) is 4. The Balaban J connectivity index is 3.46. The highest BCUT2D eigenvalue weighted by atomic mass is 32.2. The van der Waals surface area contributed by atoms with Crippen molar-refractivity contribution in [1.29, 1.82) is 0 Å². The average Bonchev–Trinajstić information content (AvgIpc) is 2.15. The van der Waals surface area contributed by atoms with Crippen LogP contribution in [-0.4, -0.2) is 28.8 Å². The fraction of sp³-hybridized carbons (Fsp3) is 0.143. The average molecular weight is 251 g/mol. The van der Waals surface area contributed by atoms with E-state index in [9.17, 15) is 12.6 Å². The van der Waals surface area contributed by atoms with Crippen LogP contribution in [0.1, 0.15) is 0 Å². The van der Waals surface area contributed by atoms with E-state index in [1.165, 1.54) is 19.2 Å². The van der Waals surface area contributed by atoms with Crippen molar-refractivity contribution in [2.24, 2.45) is 0 Å². The summed E-state index contributed by atoms with van der Waals surface area (Å²) < 4.78 is 50.2. The van der Waals surface area contributed by atoms with Crippen molar-refractivity contribution in [3.05, 3.63) is 18.2 Å². The molecule has 0 aliphatic heterocycles. The quantitative estimate of drug-likeness (QED) is 0.535. The van der Waals surface area contributed by atoms with E-state index >= 15 is 0 Å². The van der Waals surface area contributed by atoms with Crippen molar-refractivity contribution >= 4 is 26.9 Å². The number of nitrogens with one attached hydrogen (secondary N) is 1. The minimum absolute atomic E-state index is 0.0957. The molecule has 1 aromatic carbocycles. The first-order valence-electron chi connectivity index (χ1n) is 3.76. The molecular weight excluding hydrogens is 242 g/mol. The van der Waals surface area contributed by atoms with Crippen LogP contribution in [-0.2, 0) is 21.2 Å². The number of rotatable bonds is 3. The van der Waals surface area contributed by atoms with E-state index in [0.29, 0.717) is 0 Å². The van der Waals surface area contributed by atoms with Gasteiger partial charge in [-0.15, -0.1) is 0 Å². The molecular formula is C7H9NO5S2. The van der Waals surface area contributed by atoms with E-state index < -0.39 is 26.1 Å². The third-order valence-corrected chi connectivity index (χ3v) is 3.25. The van der Waals surface area contributed by atoms with Crippen molar-refractivity contribution in [2.45, 2.75) is 9.79 Å². The number of anilines is 1. The van der Waals surface area contributed by atoms with Crippen LogP contribution in [0.4, 0.5) is 5.69 Å². The van der Waals surface area contributed by atoms with Crippen molar-refractivity contribution in [2.75, 3.05) is 12.4 Å². The molecule has 0 spiro atoms. The zero-order chi connectivity index (χ0) is 11.6. The van der Waals surface area contributed by atoms with Gasteiger partial charge in [0.05, 0.1) is 10.6 Å². The second-order valence-electron chi connectivity index (χ2n) is 2.63. The molecule has 8 heteroatoms. The lowest BCUT2D eigenvalue weighted by molar-refractivity contribution is 0.483.